The minimum atomic E-state index is -1.21. The summed E-state index contributed by atoms with van der Waals surface area (Å²) in [5.41, 5.74) is 0.856. The second-order valence-corrected chi connectivity index (χ2v) is 5.27. The van der Waals surface area contributed by atoms with Gasteiger partial charge in [0, 0.05) is 6.54 Å². The van der Waals surface area contributed by atoms with Crippen LogP contribution in [-0.2, 0) is 11.3 Å². The molecular weight excluding hydrogens is 291 g/mol. The van der Waals surface area contributed by atoms with Crippen molar-refractivity contribution in [2.75, 3.05) is 13.1 Å². The Kier molecular flexibility index (Phi) is 5.57. The topological polar surface area (TPSA) is 78.9 Å². The summed E-state index contributed by atoms with van der Waals surface area (Å²) in [6.07, 6.45) is -2.42. The maximum absolute atomic E-state index is 13.5. The largest absolute Gasteiger partial charge is 0.465 e. The van der Waals surface area contributed by atoms with Crippen LogP contribution in [0.2, 0.25) is 0 Å². The monoisotopic (exact) mass is 310 g/mol. The lowest BCUT2D eigenvalue weighted by atomic mass is 10.1. The molecule has 1 aromatic carbocycles. The van der Waals surface area contributed by atoms with E-state index in [1.165, 1.54) is 0 Å². The van der Waals surface area contributed by atoms with Gasteiger partial charge in [-0.05, 0) is 18.4 Å². The van der Waals surface area contributed by atoms with Crippen LogP contribution in [0.1, 0.15) is 18.4 Å². The first-order valence-electron chi connectivity index (χ1n) is 7.13. The average Bonchev–Trinajstić information content (AvgIpc) is 2.68. The van der Waals surface area contributed by atoms with Gasteiger partial charge in [-0.1, -0.05) is 30.3 Å². The molecule has 0 radical (unpaired) electrons. The average molecular weight is 310 g/mol. The molecule has 0 spiro atoms. The third-order valence-electron chi connectivity index (χ3n) is 3.49. The van der Waals surface area contributed by atoms with Gasteiger partial charge in [-0.15, -0.1) is 0 Å². The Morgan fingerprint density at radius 3 is 2.68 bits per heavy atom. The highest BCUT2D eigenvalue weighted by Crippen LogP contribution is 2.14. The van der Waals surface area contributed by atoms with Crippen molar-refractivity contribution in [2.24, 2.45) is 0 Å². The molecule has 0 saturated carbocycles. The molecule has 0 aromatic heterocycles. The van der Waals surface area contributed by atoms with Crippen LogP contribution >= 0.6 is 0 Å². The first-order chi connectivity index (χ1) is 10.5. The van der Waals surface area contributed by atoms with E-state index in [9.17, 15) is 14.0 Å². The van der Waals surface area contributed by atoms with Crippen molar-refractivity contribution < 1.29 is 23.8 Å². The molecule has 120 valence electrons. The van der Waals surface area contributed by atoms with Gasteiger partial charge in [-0.25, -0.2) is 14.0 Å². The number of alkyl carbamates (subject to hydrolysis) is 1. The number of likely N-dealkylation sites (tertiary alicyclic amines) is 1. The lowest BCUT2D eigenvalue weighted by Gasteiger charge is -2.22. The van der Waals surface area contributed by atoms with Crippen LogP contribution in [0.25, 0.3) is 0 Å². The maximum Gasteiger partial charge on any atom is 0.407 e. The van der Waals surface area contributed by atoms with E-state index in [4.69, 9.17) is 9.84 Å². The van der Waals surface area contributed by atoms with Crippen molar-refractivity contribution >= 4 is 12.2 Å². The highest BCUT2D eigenvalue weighted by Gasteiger charge is 2.27. The molecule has 22 heavy (non-hydrogen) atoms. The van der Waals surface area contributed by atoms with Gasteiger partial charge in [0.05, 0.1) is 12.6 Å². The molecule has 1 aromatic rings. The summed E-state index contributed by atoms with van der Waals surface area (Å²) in [5, 5.41) is 11.6. The highest BCUT2D eigenvalue weighted by atomic mass is 19.1. The molecule has 1 fully saturated rings. The minimum absolute atomic E-state index is 0.0657. The van der Waals surface area contributed by atoms with Gasteiger partial charge in [0.25, 0.3) is 0 Å². The first-order valence-corrected chi connectivity index (χ1v) is 7.13. The third-order valence-corrected chi connectivity index (χ3v) is 3.49. The van der Waals surface area contributed by atoms with E-state index in [1.54, 1.807) is 0 Å². The zero-order valence-electron chi connectivity index (χ0n) is 12.1. The number of rotatable bonds is 3. The summed E-state index contributed by atoms with van der Waals surface area (Å²) in [7, 11) is 0. The number of ether oxygens (including phenoxy) is 1. The van der Waals surface area contributed by atoms with E-state index in [0.29, 0.717) is 6.42 Å². The van der Waals surface area contributed by atoms with Gasteiger partial charge >= 0.3 is 12.2 Å². The van der Waals surface area contributed by atoms with Crippen LogP contribution < -0.4 is 5.32 Å². The van der Waals surface area contributed by atoms with Crippen LogP contribution in [0.4, 0.5) is 14.0 Å². The number of benzene rings is 1. The van der Waals surface area contributed by atoms with Crippen molar-refractivity contribution in [1.29, 1.82) is 0 Å². The Balaban J connectivity index is 1.83. The SMILES string of the molecule is O=C(N[C@H]1CC[C@H](F)CN(C(=O)O)C1)OCc1ccccc1. The zero-order chi connectivity index (χ0) is 15.9. The van der Waals surface area contributed by atoms with Crippen molar-refractivity contribution in [1.82, 2.24) is 10.2 Å². The van der Waals surface area contributed by atoms with Gasteiger partial charge in [0.2, 0.25) is 0 Å². The second-order valence-electron chi connectivity index (χ2n) is 5.27. The number of carbonyl (C=O) groups excluding carboxylic acids is 1. The number of alkyl halides is 1. The molecule has 0 unspecified atom stereocenters. The summed E-state index contributed by atoms with van der Waals surface area (Å²) >= 11 is 0. The normalized spacial score (nSPS) is 21.8. The van der Waals surface area contributed by atoms with E-state index in [0.717, 1.165) is 10.5 Å². The van der Waals surface area contributed by atoms with Crippen LogP contribution in [0.5, 0.6) is 0 Å². The molecule has 2 amide bonds. The summed E-state index contributed by atoms with van der Waals surface area (Å²) in [5.74, 6) is 0. The highest BCUT2D eigenvalue weighted by molar-refractivity contribution is 5.68. The van der Waals surface area contributed by atoms with E-state index in [2.05, 4.69) is 5.32 Å². The van der Waals surface area contributed by atoms with Gasteiger partial charge in [0.15, 0.2) is 0 Å². The first kappa shape index (κ1) is 16.1. The molecule has 1 aliphatic heterocycles. The smallest absolute Gasteiger partial charge is 0.407 e. The third kappa shape index (κ3) is 4.91. The quantitative estimate of drug-likeness (QED) is 0.898. The Morgan fingerprint density at radius 1 is 1.27 bits per heavy atom. The Labute approximate surface area is 127 Å². The molecule has 0 aliphatic carbocycles. The molecule has 7 heteroatoms. The Bertz CT molecular complexity index is 512. The number of amides is 2. The number of halogens is 1. The minimum Gasteiger partial charge on any atom is -0.465 e. The number of nitrogens with zero attached hydrogens (tertiary/aromatic N) is 1. The Morgan fingerprint density at radius 2 is 2.00 bits per heavy atom. The molecular formula is C15H19FN2O4. The predicted octanol–water partition coefficient (Wildman–Crippen LogP) is 2.39. The number of nitrogens with one attached hydrogen (secondary N) is 1. The van der Waals surface area contributed by atoms with Crippen LogP contribution in [-0.4, -0.2) is 47.5 Å². The lowest BCUT2D eigenvalue weighted by molar-refractivity contribution is 0.122. The lowest BCUT2D eigenvalue weighted by Crippen LogP contribution is -2.44. The molecule has 6 nitrogen and oxygen atoms in total. The maximum atomic E-state index is 13.5. The van der Waals surface area contributed by atoms with Crippen molar-refractivity contribution in [3.63, 3.8) is 0 Å². The fraction of sp³-hybridized carbons (Fsp3) is 0.467. The van der Waals surface area contributed by atoms with Crippen LogP contribution in [0.15, 0.2) is 30.3 Å². The number of carbonyl (C=O) groups is 2. The zero-order valence-corrected chi connectivity index (χ0v) is 12.1. The summed E-state index contributed by atoms with van der Waals surface area (Å²) in [4.78, 5) is 23.8. The van der Waals surface area contributed by atoms with Crippen molar-refractivity contribution in [3.05, 3.63) is 35.9 Å². The summed E-state index contributed by atoms with van der Waals surface area (Å²) < 4.78 is 18.6. The van der Waals surface area contributed by atoms with Gasteiger partial charge in [-0.3, -0.25) is 0 Å². The van der Waals surface area contributed by atoms with Gasteiger partial charge < -0.3 is 20.1 Å². The molecule has 2 rings (SSSR count). The van der Waals surface area contributed by atoms with E-state index in [-0.39, 0.29) is 26.1 Å². The van der Waals surface area contributed by atoms with E-state index in [1.807, 2.05) is 30.3 Å². The van der Waals surface area contributed by atoms with E-state index < -0.39 is 24.4 Å². The van der Waals surface area contributed by atoms with E-state index >= 15 is 0 Å². The summed E-state index contributed by atoms with van der Waals surface area (Å²) in [6, 6.07) is 8.77. The fourth-order valence-corrected chi connectivity index (χ4v) is 2.35. The van der Waals surface area contributed by atoms with Crippen molar-refractivity contribution in [2.45, 2.75) is 31.7 Å². The number of hydrogen-bond donors (Lipinski definition) is 2. The fourth-order valence-electron chi connectivity index (χ4n) is 2.35. The van der Waals surface area contributed by atoms with Gasteiger partial charge in [-0.2, -0.15) is 0 Å². The predicted molar refractivity (Wildman–Crippen MR) is 77.3 cm³/mol. The molecule has 1 aliphatic rings. The van der Waals surface area contributed by atoms with Gasteiger partial charge in [0.1, 0.15) is 12.8 Å². The molecule has 1 saturated heterocycles. The second kappa shape index (κ2) is 7.63. The molecule has 0 bridgehead atoms. The molecule has 2 N–H and O–H groups in total. The number of hydrogen-bond acceptors (Lipinski definition) is 3. The standard InChI is InChI=1S/C15H19FN2O4/c16-12-6-7-13(9-18(8-12)15(20)21)17-14(19)22-10-11-4-2-1-3-5-11/h1-5,12-13H,6-10H2,(H,17,19)(H,20,21)/t12-,13-/m0/s1. The van der Waals surface area contributed by atoms with Crippen LogP contribution in [0, 0.1) is 0 Å². The van der Waals surface area contributed by atoms with Crippen LogP contribution in [0.3, 0.4) is 0 Å². The molecule has 2 atom stereocenters. The Hall–Kier alpha value is -2.31. The van der Waals surface area contributed by atoms with Crippen molar-refractivity contribution in [3.8, 4) is 0 Å². The molecule has 1 heterocycles. The number of carboxylic acid groups (broad SMARTS) is 1. The summed E-state index contributed by atoms with van der Waals surface area (Å²) in [6.45, 7) is 0.0382.